The first-order valence-electron chi connectivity index (χ1n) is 19.8. The molecule has 0 bridgehead atoms. The fourth-order valence-corrected chi connectivity index (χ4v) is 8.33. The number of hydrogen-bond acceptors (Lipinski definition) is 4. The summed E-state index contributed by atoms with van der Waals surface area (Å²) in [4.78, 5) is 11.7. The maximum Gasteiger partial charge on any atom is 0.184 e. The fraction of sp³-hybridized carbons (Fsp3) is 0.850. The Balaban J connectivity index is 0.984. The Labute approximate surface area is 277 Å². The number of nitrogens with one attached hydrogen (secondary N) is 2. The van der Waals surface area contributed by atoms with Gasteiger partial charge in [-0.2, -0.15) is 0 Å². The van der Waals surface area contributed by atoms with Crippen LogP contribution in [-0.4, -0.2) is 41.2 Å². The third-order valence-electron chi connectivity index (χ3n) is 11.3. The highest BCUT2D eigenvalue weighted by atomic mass is 16.3. The van der Waals surface area contributed by atoms with Crippen LogP contribution in [0.25, 0.3) is 0 Å². The van der Waals surface area contributed by atoms with Crippen LogP contribution in [0.1, 0.15) is 178 Å². The Morgan fingerprint density at radius 2 is 1.29 bits per heavy atom. The number of nitrogens with zero attached hydrogens (tertiary/aromatic N) is 1. The molecule has 5 atom stereocenters. The molecule has 256 valence electrons. The van der Waals surface area contributed by atoms with Gasteiger partial charge < -0.3 is 15.7 Å². The fourth-order valence-electron chi connectivity index (χ4n) is 8.33. The van der Waals surface area contributed by atoms with E-state index in [9.17, 15) is 9.90 Å². The quantitative estimate of drug-likeness (QED) is 0.0898. The first kappa shape index (κ1) is 36.5. The molecule has 5 heteroatoms. The van der Waals surface area contributed by atoms with Gasteiger partial charge in [-0.1, -0.05) is 89.9 Å². The molecular formula is C40H70N3O2+. The van der Waals surface area contributed by atoms with Gasteiger partial charge in [-0.05, 0) is 77.7 Å². The van der Waals surface area contributed by atoms with Gasteiger partial charge >= 0.3 is 0 Å². The number of ketones is 1. The van der Waals surface area contributed by atoms with Crippen molar-refractivity contribution in [1.29, 1.82) is 0 Å². The Kier molecular flexibility index (Phi) is 16.9. The van der Waals surface area contributed by atoms with E-state index in [-0.39, 0.29) is 18.2 Å². The molecule has 3 aliphatic rings. The minimum Gasteiger partial charge on any atom is -0.392 e. The van der Waals surface area contributed by atoms with Gasteiger partial charge in [0.1, 0.15) is 12.3 Å². The first-order valence-corrected chi connectivity index (χ1v) is 19.8. The van der Waals surface area contributed by atoms with Crippen LogP contribution in [0.2, 0.25) is 0 Å². The van der Waals surface area contributed by atoms with Crippen LogP contribution >= 0.6 is 0 Å². The number of fused-ring (bicyclic) bond motifs is 1. The predicted molar refractivity (Wildman–Crippen MR) is 188 cm³/mol. The van der Waals surface area contributed by atoms with Crippen molar-refractivity contribution in [2.75, 3.05) is 0 Å². The largest absolute Gasteiger partial charge is 0.392 e. The summed E-state index contributed by atoms with van der Waals surface area (Å²) in [6.07, 6.45) is 35.8. The molecule has 0 unspecified atom stereocenters. The van der Waals surface area contributed by atoms with E-state index in [0.29, 0.717) is 17.9 Å². The summed E-state index contributed by atoms with van der Waals surface area (Å²) < 4.78 is 2.59. The summed E-state index contributed by atoms with van der Waals surface area (Å²) in [5.74, 6) is 0.391. The van der Waals surface area contributed by atoms with Crippen molar-refractivity contribution in [3.63, 3.8) is 0 Å². The molecule has 1 aromatic rings. The lowest BCUT2D eigenvalue weighted by Gasteiger charge is -2.32. The van der Waals surface area contributed by atoms with E-state index in [0.717, 1.165) is 25.7 Å². The van der Waals surface area contributed by atoms with E-state index in [1.54, 1.807) is 16.8 Å². The van der Waals surface area contributed by atoms with E-state index in [1.165, 1.54) is 148 Å². The Morgan fingerprint density at radius 1 is 0.711 bits per heavy atom. The number of hydrogen-bond donors (Lipinski definition) is 3. The average Bonchev–Trinajstić information content (AvgIpc) is 3.51. The minimum absolute atomic E-state index is 0.0725. The van der Waals surface area contributed by atoms with Gasteiger partial charge in [-0.3, -0.25) is 4.79 Å². The van der Waals surface area contributed by atoms with Crippen molar-refractivity contribution >= 4 is 5.78 Å². The summed E-state index contributed by atoms with van der Waals surface area (Å²) in [5.41, 5.74) is 4.88. The average molecular weight is 625 g/mol. The molecule has 1 aromatic heterocycles. The number of unbranched alkanes of at least 4 members (excludes halogenated alkanes) is 14. The smallest absolute Gasteiger partial charge is 0.184 e. The third kappa shape index (κ3) is 13.4. The topological polar surface area (TPSA) is 65.2 Å². The van der Waals surface area contributed by atoms with E-state index >= 15 is 0 Å². The van der Waals surface area contributed by atoms with Gasteiger partial charge in [0, 0.05) is 48.5 Å². The van der Waals surface area contributed by atoms with Crippen LogP contribution in [0.15, 0.2) is 12.3 Å². The van der Waals surface area contributed by atoms with Gasteiger partial charge in [0.15, 0.2) is 11.9 Å². The van der Waals surface area contributed by atoms with E-state index < -0.39 is 0 Å². The van der Waals surface area contributed by atoms with E-state index in [1.807, 2.05) is 6.92 Å². The maximum absolute atomic E-state index is 11.7. The van der Waals surface area contributed by atoms with Gasteiger partial charge in [-0.15, -0.1) is 0 Å². The monoisotopic (exact) mass is 625 g/mol. The Morgan fingerprint density at radius 3 is 1.91 bits per heavy atom. The number of piperidine rings is 2. The SMILES string of the molecule is C[C@@H]1N[C@H](CCCCCCCCCCc2cc(CCCCCCCCCC[C@@H]3CC[C@H](O)[C@H](C)N3)c3[n+](c2)CCC3)CCC1=O. The van der Waals surface area contributed by atoms with Crippen LogP contribution in [0, 0.1) is 0 Å². The van der Waals surface area contributed by atoms with Crippen LogP contribution in [0.5, 0.6) is 0 Å². The molecule has 2 fully saturated rings. The molecule has 4 rings (SSSR count). The van der Waals surface area contributed by atoms with Crippen molar-refractivity contribution < 1.29 is 14.5 Å². The lowest BCUT2D eigenvalue weighted by Crippen LogP contribution is -2.48. The third-order valence-corrected chi connectivity index (χ3v) is 11.3. The first-order chi connectivity index (χ1) is 22.0. The second kappa shape index (κ2) is 20.8. The summed E-state index contributed by atoms with van der Waals surface area (Å²) in [6.45, 7) is 5.37. The van der Waals surface area contributed by atoms with Gasteiger partial charge in [0.05, 0.1) is 12.1 Å². The number of aliphatic hydroxyl groups is 1. The number of aromatic nitrogens is 1. The van der Waals surface area contributed by atoms with Crippen molar-refractivity contribution in [1.82, 2.24) is 10.6 Å². The summed E-state index contributed by atoms with van der Waals surface area (Å²) in [7, 11) is 0. The second-order valence-corrected chi connectivity index (χ2v) is 15.2. The zero-order valence-electron chi connectivity index (χ0n) is 29.4. The zero-order chi connectivity index (χ0) is 31.7. The molecule has 0 aliphatic carbocycles. The standard InChI is InChI=1S/C40H70N3O2/c1-32-39(44)27-25-36(41-32)22-17-13-9-5-3-7-11-15-20-34-30-35(38-24-19-29-43(38)31-34)21-16-12-8-4-6-10-14-18-23-37-26-28-40(45)33(2)42-37/h30-33,36-37,40-42,45H,3-29H2,1-2H3/q+1/t32-,33-,36+,37+,40-/m0/s1. The van der Waals surface area contributed by atoms with Crippen LogP contribution in [0.3, 0.4) is 0 Å². The molecule has 0 spiro atoms. The highest BCUT2D eigenvalue weighted by Gasteiger charge is 2.26. The van der Waals surface area contributed by atoms with Crippen LogP contribution in [-0.2, 0) is 30.6 Å². The minimum atomic E-state index is -0.147. The molecule has 5 nitrogen and oxygen atoms in total. The number of carbonyl (C=O) groups is 1. The summed E-state index contributed by atoms with van der Waals surface area (Å²) >= 11 is 0. The molecule has 3 N–H and O–H groups in total. The molecule has 3 aliphatic heterocycles. The van der Waals surface area contributed by atoms with Crippen LogP contribution in [0.4, 0.5) is 0 Å². The number of carbonyl (C=O) groups excluding carboxylic acids is 1. The molecule has 45 heavy (non-hydrogen) atoms. The predicted octanol–water partition coefficient (Wildman–Crippen LogP) is 8.24. The number of pyridine rings is 1. The molecule has 0 amide bonds. The molecular weight excluding hydrogens is 554 g/mol. The maximum atomic E-state index is 11.7. The normalized spacial score (nSPS) is 25.1. The number of Topliss-reactive ketones (excluding diaryl/α,β-unsaturated/α-hetero) is 1. The zero-order valence-corrected chi connectivity index (χ0v) is 29.4. The van der Waals surface area contributed by atoms with E-state index in [2.05, 4.69) is 34.4 Å². The summed E-state index contributed by atoms with van der Waals surface area (Å²) in [6, 6.07) is 4.11. The summed E-state index contributed by atoms with van der Waals surface area (Å²) in [5, 5.41) is 17.0. The van der Waals surface area contributed by atoms with Crippen molar-refractivity contribution in [2.24, 2.45) is 0 Å². The highest BCUT2D eigenvalue weighted by Crippen LogP contribution is 2.22. The van der Waals surface area contributed by atoms with Gasteiger partial charge in [0.25, 0.3) is 0 Å². The highest BCUT2D eigenvalue weighted by molar-refractivity contribution is 5.84. The molecule has 0 radical (unpaired) electrons. The molecule has 2 saturated heterocycles. The lowest BCUT2D eigenvalue weighted by molar-refractivity contribution is -0.691. The Bertz CT molecular complexity index is 981. The lowest BCUT2D eigenvalue weighted by atomic mass is 9.93. The van der Waals surface area contributed by atoms with Crippen LogP contribution < -0.4 is 15.2 Å². The number of rotatable bonds is 22. The van der Waals surface area contributed by atoms with Crippen molar-refractivity contribution in [3.05, 3.63) is 29.1 Å². The number of aryl methyl sites for hydroxylation is 3. The Hall–Kier alpha value is -1.30. The van der Waals surface area contributed by atoms with Gasteiger partial charge in [0.2, 0.25) is 0 Å². The second-order valence-electron chi connectivity index (χ2n) is 15.2. The molecule has 0 aromatic carbocycles. The van der Waals surface area contributed by atoms with Crippen molar-refractivity contribution in [2.45, 2.75) is 218 Å². The van der Waals surface area contributed by atoms with Crippen molar-refractivity contribution in [3.8, 4) is 0 Å². The van der Waals surface area contributed by atoms with Gasteiger partial charge in [-0.25, -0.2) is 4.57 Å². The number of aliphatic hydroxyl groups excluding tert-OH is 1. The molecule has 0 saturated carbocycles. The van der Waals surface area contributed by atoms with E-state index in [4.69, 9.17) is 0 Å². The molecule has 4 heterocycles.